The molecule has 0 saturated carbocycles. The van der Waals surface area contributed by atoms with Crippen molar-refractivity contribution < 1.29 is 9.47 Å². The van der Waals surface area contributed by atoms with Gasteiger partial charge >= 0.3 is 0 Å². The Morgan fingerprint density at radius 1 is 0.500 bits per heavy atom. The van der Waals surface area contributed by atoms with Crippen molar-refractivity contribution in [2.75, 3.05) is 13.2 Å². The fourth-order valence-electron chi connectivity index (χ4n) is 5.09. The van der Waals surface area contributed by atoms with E-state index in [4.69, 9.17) is 9.47 Å². The van der Waals surface area contributed by atoms with Gasteiger partial charge in [0.25, 0.3) is 0 Å². The number of unbranched alkanes of at least 4 members (excludes halogenated alkanes) is 10. The molecule has 0 unspecified atom stereocenters. The Kier molecular flexibility index (Phi) is 14.4. The summed E-state index contributed by atoms with van der Waals surface area (Å²) in [4.78, 5) is 2.69. The third kappa shape index (κ3) is 11.0. The van der Waals surface area contributed by atoms with Gasteiger partial charge in [-0.3, -0.25) is 0 Å². The van der Waals surface area contributed by atoms with Gasteiger partial charge in [0.1, 0.15) is 0 Å². The van der Waals surface area contributed by atoms with E-state index in [-0.39, 0.29) is 0 Å². The maximum atomic E-state index is 6.54. The van der Waals surface area contributed by atoms with Crippen molar-refractivity contribution >= 4 is 47.8 Å². The fraction of sp³-hybridized carbons (Fsp3) is 0.611. The summed E-state index contributed by atoms with van der Waals surface area (Å²) in [7, 11) is -2.78. The van der Waals surface area contributed by atoms with Crippen LogP contribution in [0.15, 0.2) is 36.4 Å². The van der Waals surface area contributed by atoms with Crippen LogP contribution in [0.5, 0.6) is 11.5 Å². The molecule has 0 aliphatic rings. The molecule has 3 aromatic rings. The van der Waals surface area contributed by atoms with Crippen LogP contribution in [0.1, 0.15) is 90.9 Å². The zero-order valence-corrected chi connectivity index (χ0v) is 31.6. The Hall–Kier alpha value is -1.35. The Morgan fingerprint density at radius 2 is 0.857 bits per heavy atom. The largest absolute Gasteiger partial charge is 0.490 e. The normalized spacial score (nSPS) is 12.2. The van der Waals surface area contributed by atoms with Crippen LogP contribution in [0.25, 0.3) is 20.9 Å². The molecule has 0 bridgehead atoms. The molecule has 1 aromatic carbocycles. The van der Waals surface area contributed by atoms with E-state index in [1.165, 1.54) is 85.1 Å². The second-order valence-electron chi connectivity index (χ2n) is 13.9. The first-order valence-corrected chi connectivity index (χ1v) is 25.3. The van der Waals surface area contributed by atoms with Crippen LogP contribution in [0, 0.1) is 0 Å². The molecule has 2 heterocycles. The molecule has 0 spiro atoms. The van der Waals surface area contributed by atoms with Gasteiger partial charge in [-0.1, -0.05) is 129 Å². The summed E-state index contributed by atoms with van der Waals surface area (Å²) in [5.74, 6) is 1.83. The zero-order valence-electron chi connectivity index (χ0n) is 28.0. The minimum atomic E-state index is -1.39. The van der Waals surface area contributed by atoms with Crippen molar-refractivity contribution in [3.05, 3.63) is 36.4 Å². The highest BCUT2D eigenvalue weighted by Gasteiger charge is 2.24. The van der Waals surface area contributed by atoms with Crippen LogP contribution in [-0.4, -0.2) is 29.4 Å². The number of hydrogen-bond acceptors (Lipinski definition) is 4. The first-order valence-electron chi connectivity index (χ1n) is 16.7. The van der Waals surface area contributed by atoms with Crippen LogP contribution in [0.3, 0.4) is 0 Å². The predicted octanol–water partition coefficient (Wildman–Crippen LogP) is 11.7. The number of thiophene rings is 2. The molecule has 0 N–H and O–H groups in total. The molecule has 0 aliphatic heterocycles. The van der Waals surface area contributed by atoms with Gasteiger partial charge in [0.15, 0.2) is 11.5 Å². The van der Waals surface area contributed by atoms with Crippen molar-refractivity contribution in [2.45, 2.75) is 130 Å². The summed E-state index contributed by atoms with van der Waals surface area (Å²) in [5.41, 5.74) is 2.58. The third-order valence-electron chi connectivity index (χ3n) is 7.82. The van der Waals surface area contributed by atoms with E-state index < -0.39 is 16.1 Å². The average molecular weight is 643 g/mol. The maximum Gasteiger partial charge on any atom is 0.161 e. The Morgan fingerprint density at radius 3 is 1.19 bits per heavy atom. The highest BCUT2D eigenvalue weighted by atomic mass is 32.1. The molecule has 2 aromatic heterocycles. The van der Waals surface area contributed by atoms with Crippen molar-refractivity contribution in [1.29, 1.82) is 0 Å². The van der Waals surface area contributed by atoms with E-state index in [0.717, 1.165) is 37.6 Å². The van der Waals surface area contributed by atoms with E-state index in [1.807, 2.05) is 22.7 Å². The fourth-order valence-corrected chi connectivity index (χ4v) is 10.9. The summed E-state index contributed by atoms with van der Waals surface area (Å²) in [6.07, 6.45) is 15.2. The van der Waals surface area contributed by atoms with Gasteiger partial charge in [-0.15, -0.1) is 22.7 Å². The summed E-state index contributed by atoms with van der Waals surface area (Å²) in [6.45, 7) is 20.7. The van der Waals surface area contributed by atoms with Gasteiger partial charge in [0.2, 0.25) is 0 Å². The highest BCUT2D eigenvalue weighted by molar-refractivity contribution is 7.29. The van der Waals surface area contributed by atoms with E-state index in [1.54, 1.807) is 9.00 Å². The summed E-state index contributed by atoms with van der Waals surface area (Å²) >= 11 is 3.96. The van der Waals surface area contributed by atoms with Gasteiger partial charge in [0.05, 0.1) is 29.4 Å². The molecule has 0 amide bonds. The van der Waals surface area contributed by atoms with Crippen LogP contribution in [0.2, 0.25) is 39.3 Å². The predicted molar refractivity (Wildman–Crippen MR) is 197 cm³/mol. The van der Waals surface area contributed by atoms with Crippen LogP contribution >= 0.6 is 22.7 Å². The van der Waals surface area contributed by atoms with Gasteiger partial charge in [-0.05, 0) is 46.1 Å². The third-order valence-corrected chi connectivity index (χ3v) is 17.3. The Labute approximate surface area is 268 Å². The van der Waals surface area contributed by atoms with Crippen molar-refractivity contribution in [1.82, 2.24) is 0 Å². The molecule has 0 atom stereocenters. The number of benzene rings is 1. The van der Waals surface area contributed by atoms with Gasteiger partial charge in [-0.25, -0.2) is 0 Å². The number of ether oxygens (including phenoxy) is 2. The highest BCUT2D eigenvalue weighted by Crippen LogP contribution is 2.44. The van der Waals surface area contributed by atoms with Crippen molar-refractivity contribution in [2.24, 2.45) is 0 Å². The molecule has 0 aliphatic carbocycles. The van der Waals surface area contributed by atoms with Crippen molar-refractivity contribution in [3.63, 3.8) is 0 Å². The minimum Gasteiger partial charge on any atom is -0.490 e. The lowest BCUT2D eigenvalue weighted by molar-refractivity contribution is 0.258. The van der Waals surface area contributed by atoms with Crippen LogP contribution in [0.4, 0.5) is 0 Å². The molecule has 2 nitrogen and oxygen atoms in total. The molecular weight excluding hydrogens is 585 g/mol. The van der Waals surface area contributed by atoms with E-state index >= 15 is 0 Å². The summed E-state index contributed by atoms with van der Waals surface area (Å²) in [5, 5.41) is 0. The molecule has 42 heavy (non-hydrogen) atoms. The number of rotatable bonds is 20. The Balaban J connectivity index is 1.94. The molecular formula is C36H58O2S2Si2. The van der Waals surface area contributed by atoms with Gasteiger partial charge in [-0.2, -0.15) is 0 Å². The monoisotopic (exact) mass is 642 g/mol. The topological polar surface area (TPSA) is 18.5 Å². The quantitative estimate of drug-likeness (QED) is 0.0902. The molecule has 234 valence electrons. The van der Waals surface area contributed by atoms with E-state index in [9.17, 15) is 0 Å². The van der Waals surface area contributed by atoms with E-state index in [0.29, 0.717) is 0 Å². The molecule has 0 radical (unpaired) electrons. The average Bonchev–Trinajstić information content (AvgIpc) is 3.63. The second-order valence-corrected chi connectivity index (χ2v) is 26.9. The lowest BCUT2D eigenvalue weighted by Crippen LogP contribution is -2.34. The molecule has 0 saturated heterocycles. The van der Waals surface area contributed by atoms with Crippen LogP contribution < -0.4 is 18.5 Å². The van der Waals surface area contributed by atoms with Crippen LogP contribution in [-0.2, 0) is 0 Å². The minimum absolute atomic E-state index is 0.752. The van der Waals surface area contributed by atoms with E-state index in [2.05, 4.69) is 89.5 Å². The smallest absolute Gasteiger partial charge is 0.161 e. The molecule has 0 fully saturated rings. The van der Waals surface area contributed by atoms with Gasteiger partial charge in [0, 0.05) is 20.9 Å². The lowest BCUT2D eigenvalue weighted by atomic mass is 10.0. The summed E-state index contributed by atoms with van der Waals surface area (Å²) < 4.78 is 16.2. The zero-order chi connectivity index (χ0) is 30.6. The number of hydrogen-bond donors (Lipinski definition) is 0. The first-order chi connectivity index (χ1) is 20.0. The Bertz CT molecular complexity index is 1110. The first kappa shape index (κ1) is 35.1. The maximum absolute atomic E-state index is 6.54. The van der Waals surface area contributed by atoms with Gasteiger partial charge < -0.3 is 9.47 Å². The SMILES string of the molecule is CCCCCCCCOc1cc(-c2ccc([Si](C)(C)C)s2)c(-c2ccc([Si](C)(C)C)s2)cc1OCCCCCCCC. The standard InChI is InChI=1S/C36H58O2S2Si2/c1-9-11-13-15-17-19-25-37-31-27-29(33-21-23-35(39-33)41(3,4)5)30(34-22-24-36(40-34)42(6,7)8)28-32(31)38-26-20-18-16-14-12-10-2/h21-24,27-28H,9-20,25-26H2,1-8H3. The van der Waals surface area contributed by atoms with Crippen molar-refractivity contribution in [3.8, 4) is 32.4 Å². The summed E-state index contributed by atoms with van der Waals surface area (Å²) in [6, 6.07) is 14.0. The molecule has 6 heteroatoms. The molecule has 3 rings (SSSR count). The second kappa shape index (κ2) is 17.2. The lowest BCUT2D eigenvalue weighted by Gasteiger charge is -2.18.